The fraction of sp³-hybridized carbons (Fsp3) is 0. The van der Waals surface area contributed by atoms with Crippen LogP contribution in [0.1, 0.15) is 0 Å². The highest BCUT2D eigenvalue weighted by Crippen LogP contribution is 2.27. The van der Waals surface area contributed by atoms with Crippen molar-refractivity contribution in [3.63, 3.8) is 0 Å². The fourth-order valence-electron chi connectivity index (χ4n) is 1.63. The normalized spacial score (nSPS) is 10.8. The summed E-state index contributed by atoms with van der Waals surface area (Å²) in [5.74, 6) is 0. The molecule has 2 aromatic heterocycles. The lowest BCUT2D eigenvalue weighted by Gasteiger charge is -2.00. The lowest BCUT2D eigenvalue weighted by Crippen LogP contribution is -1.79. The van der Waals surface area contributed by atoms with E-state index in [2.05, 4.69) is 44.1 Å². The van der Waals surface area contributed by atoms with E-state index < -0.39 is 0 Å². The van der Waals surface area contributed by atoms with Crippen molar-refractivity contribution in [2.75, 3.05) is 0 Å². The van der Waals surface area contributed by atoms with Crippen LogP contribution in [0.3, 0.4) is 0 Å². The van der Waals surface area contributed by atoms with E-state index in [9.17, 15) is 0 Å². The van der Waals surface area contributed by atoms with E-state index in [0.717, 1.165) is 20.6 Å². The quantitative estimate of drug-likeness (QED) is 0.674. The summed E-state index contributed by atoms with van der Waals surface area (Å²) in [6, 6.07) is 8.30. The van der Waals surface area contributed by atoms with Gasteiger partial charge < -0.3 is 0 Å². The monoisotopic (exact) mass is 290 g/mol. The topological polar surface area (TPSA) is 25.8 Å². The minimum absolute atomic E-state index is 0.914. The summed E-state index contributed by atoms with van der Waals surface area (Å²) in [6.07, 6.45) is 3.68. The zero-order chi connectivity index (χ0) is 11.0. The highest BCUT2D eigenvalue weighted by Gasteiger charge is 2.03. The molecule has 0 unspecified atom stereocenters. The second-order valence-electron chi connectivity index (χ2n) is 3.42. The average molecular weight is 291 g/mol. The molecule has 78 valence electrons. The van der Waals surface area contributed by atoms with Crippen LogP contribution in [0.2, 0.25) is 0 Å². The first-order valence-corrected chi connectivity index (χ1v) is 6.45. The zero-order valence-corrected chi connectivity index (χ0v) is 10.6. The largest absolute Gasteiger partial charge is 0.264 e. The first-order valence-electron chi connectivity index (χ1n) is 4.78. The molecular weight excluding hydrogens is 284 g/mol. The molecule has 0 N–H and O–H groups in total. The van der Waals surface area contributed by atoms with E-state index in [1.807, 2.05) is 23.8 Å². The van der Waals surface area contributed by atoms with Gasteiger partial charge in [0.05, 0.1) is 5.69 Å². The van der Waals surface area contributed by atoms with Crippen molar-refractivity contribution in [3.05, 3.63) is 46.0 Å². The van der Waals surface area contributed by atoms with Crippen LogP contribution >= 0.6 is 27.3 Å². The molecule has 0 aliphatic heterocycles. The standard InChI is InChI=1S/C12H7BrN2S/c13-12-15-11(7-16-12)9-1-2-10-6-14-4-3-8(10)5-9/h1-7H. The summed E-state index contributed by atoms with van der Waals surface area (Å²) in [5.41, 5.74) is 2.15. The van der Waals surface area contributed by atoms with Gasteiger partial charge in [-0.2, -0.15) is 0 Å². The lowest BCUT2D eigenvalue weighted by atomic mass is 10.1. The summed E-state index contributed by atoms with van der Waals surface area (Å²) in [7, 11) is 0. The van der Waals surface area contributed by atoms with Crippen molar-refractivity contribution in [1.29, 1.82) is 0 Å². The van der Waals surface area contributed by atoms with E-state index in [1.165, 1.54) is 5.39 Å². The van der Waals surface area contributed by atoms with Gasteiger partial charge in [0, 0.05) is 28.7 Å². The van der Waals surface area contributed by atoms with Gasteiger partial charge in [-0.05, 0) is 33.4 Å². The molecule has 0 radical (unpaired) electrons. The minimum Gasteiger partial charge on any atom is -0.264 e. The Morgan fingerprint density at radius 2 is 2.06 bits per heavy atom. The van der Waals surface area contributed by atoms with E-state index in [1.54, 1.807) is 11.3 Å². The number of aromatic nitrogens is 2. The summed E-state index contributed by atoms with van der Waals surface area (Å²) in [4.78, 5) is 8.51. The van der Waals surface area contributed by atoms with Gasteiger partial charge in [0.25, 0.3) is 0 Å². The Balaban J connectivity index is 2.18. The second-order valence-corrected chi connectivity index (χ2v) is 5.56. The van der Waals surface area contributed by atoms with Gasteiger partial charge in [-0.25, -0.2) is 4.98 Å². The van der Waals surface area contributed by atoms with Gasteiger partial charge in [0.15, 0.2) is 3.92 Å². The van der Waals surface area contributed by atoms with Crippen molar-refractivity contribution in [2.24, 2.45) is 0 Å². The molecule has 4 heteroatoms. The summed E-state index contributed by atoms with van der Waals surface area (Å²) in [6.45, 7) is 0. The van der Waals surface area contributed by atoms with Gasteiger partial charge >= 0.3 is 0 Å². The number of halogens is 1. The Kier molecular flexibility index (Phi) is 2.46. The second kappa shape index (κ2) is 3.96. The number of fused-ring (bicyclic) bond motifs is 1. The molecule has 0 aliphatic carbocycles. The number of nitrogens with zero attached hydrogens (tertiary/aromatic N) is 2. The van der Waals surface area contributed by atoms with E-state index >= 15 is 0 Å². The molecule has 1 aromatic carbocycles. The van der Waals surface area contributed by atoms with Gasteiger partial charge in [0.2, 0.25) is 0 Å². The van der Waals surface area contributed by atoms with E-state index in [-0.39, 0.29) is 0 Å². The van der Waals surface area contributed by atoms with Crippen LogP contribution in [0.4, 0.5) is 0 Å². The Bertz CT molecular complexity index is 648. The summed E-state index contributed by atoms with van der Waals surface area (Å²) in [5, 5.41) is 4.39. The molecular formula is C12H7BrN2S. The summed E-state index contributed by atoms with van der Waals surface area (Å²) < 4.78 is 0.914. The third kappa shape index (κ3) is 1.74. The Morgan fingerprint density at radius 3 is 2.88 bits per heavy atom. The Morgan fingerprint density at radius 1 is 1.12 bits per heavy atom. The maximum absolute atomic E-state index is 4.41. The molecule has 3 aromatic rings. The number of thiazole rings is 1. The molecule has 16 heavy (non-hydrogen) atoms. The van der Waals surface area contributed by atoms with Crippen LogP contribution in [0.15, 0.2) is 46.0 Å². The van der Waals surface area contributed by atoms with Crippen molar-refractivity contribution in [2.45, 2.75) is 0 Å². The highest BCUT2D eigenvalue weighted by atomic mass is 79.9. The first kappa shape index (κ1) is 9.93. The number of hydrogen-bond donors (Lipinski definition) is 0. The van der Waals surface area contributed by atoms with Gasteiger partial charge in [-0.15, -0.1) is 11.3 Å². The predicted octanol–water partition coefficient (Wildman–Crippen LogP) is 4.12. The molecule has 3 rings (SSSR count). The van der Waals surface area contributed by atoms with Gasteiger partial charge in [-0.3, -0.25) is 4.98 Å². The van der Waals surface area contributed by atoms with Gasteiger partial charge in [0.1, 0.15) is 0 Å². The molecule has 0 spiro atoms. The van der Waals surface area contributed by atoms with Crippen LogP contribution in [0, 0.1) is 0 Å². The van der Waals surface area contributed by atoms with Gasteiger partial charge in [-0.1, -0.05) is 12.1 Å². The smallest absolute Gasteiger partial charge is 0.159 e. The van der Waals surface area contributed by atoms with Crippen molar-refractivity contribution >= 4 is 38.0 Å². The molecule has 0 saturated heterocycles. The maximum Gasteiger partial charge on any atom is 0.159 e. The Labute approximate surface area is 105 Å². The molecule has 0 fully saturated rings. The average Bonchev–Trinajstić information content (AvgIpc) is 2.75. The van der Waals surface area contributed by atoms with Crippen LogP contribution in [-0.2, 0) is 0 Å². The van der Waals surface area contributed by atoms with E-state index in [0.29, 0.717) is 0 Å². The SMILES string of the molecule is Brc1nc(-c2ccc3cnccc3c2)cs1. The molecule has 2 heterocycles. The molecule has 0 saturated carbocycles. The number of rotatable bonds is 1. The lowest BCUT2D eigenvalue weighted by molar-refractivity contribution is 1.36. The Hall–Kier alpha value is -1.26. The predicted molar refractivity (Wildman–Crippen MR) is 70.6 cm³/mol. The number of pyridine rings is 1. The summed E-state index contributed by atoms with van der Waals surface area (Å²) >= 11 is 4.97. The molecule has 0 atom stereocenters. The van der Waals surface area contributed by atoms with Crippen molar-refractivity contribution in [1.82, 2.24) is 9.97 Å². The van der Waals surface area contributed by atoms with E-state index in [4.69, 9.17) is 0 Å². The van der Waals surface area contributed by atoms with Crippen LogP contribution in [0.5, 0.6) is 0 Å². The van der Waals surface area contributed by atoms with Crippen LogP contribution in [-0.4, -0.2) is 9.97 Å². The van der Waals surface area contributed by atoms with Crippen LogP contribution in [0.25, 0.3) is 22.0 Å². The van der Waals surface area contributed by atoms with Crippen LogP contribution < -0.4 is 0 Å². The number of benzene rings is 1. The number of hydrogen-bond acceptors (Lipinski definition) is 3. The molecule has 2 nitrogen and oxygen atoms in total. The molecule has 0 aliphatic rings. The fourth-order valence-corrected chi connectivity index (χ4v) is 2.65. The van der Waals surface area contributed by atoms with Crippen molar-refractivity contribution in [3.8, 4) is 11.3 Å². The molecule has 0 amide bonds. The highest BCUT2D eigenvalue weighted by molar-refractivity contribution is 9.11. The zero-order valence-electron chi connectivity index (χ0n) is 8.22. The maximum atomic E-state index is 4.41. The minimum atomic E-state index is 0.914. The third-order valence-corrected chi connectivity index (χ3v) is 3.78. The molecule has 0 bridgehead atoms. The first-order chi connectivity index (χ1) is 7.83. The third-order valence-electron chi connectivity index (χ3n) is 2.41. The van der Waals surface area contributed by atoms with Crippen molar-refractivity contribution < 1.29 is 0 Å².